The highest BCUT2D eigenvalue weighted by molar-refractivity contribution is 6.01. The molecular weight excluding hydrogens is 340 g/mol. The van der Waals surface area contributed by atoms with Gasteiger partial charge in [-0.1, -0.05) is 36.4 Å². The van der Waals surface area contributed by atoms with Crippen LogP contribution in [0.15, 0.2) is 54.6 Å². The fourth-order valence-corrected chi connectivity index (χ4v) is 3.15. The number of carbonyl (C=O) groups excluding carboxylic acids is 2. The van der Waals surface area contributed by atoms with E-state index in [0.29, 0.717) is 11.3 Å². The number of anilines is 1. The SMILES string of the molecule is Cc1nc2ccccc2c(C)c1C(=O)OC(C)C(=O)N(C)c1ccccc1. The Morgan fingerprint density at radius 2 is 1.63 bits per heavy atom. The van der Waals surface area contributed by atoms with E-state index < -0.39 is 12.1 Å². The number of ether oxygens (including phenoxy) is 1. The van der Waals surface area contributed by atoms with Crippen molar-refractivity contribution < 1.29 is 14.3 Å². The molecular formula is C22H22N2O3. The Bertz CT molecular complexity index is 999. The highest BCUT2D eigenvalue weighted by Crippen LogP contribution is 2.24. The van der Waals surface area contributed by atoms with Crippen molar-refractivity contribution in [2.75, 3.05) is 11.9 Å². The first kappa shape index (κ1) is 18.6. The van der Waals surface area contributed by atoms with Crippen molar-refractivity contribution in [1.29, 1.82) is 0 Å². The van der Waals surface area contributed by atoms with Crippen molar-refractivity contribution in [1.82, 2.24) is 4.98 Å². The summed E-state index contributed by atoms with van der Waals surface area (Å²) in [5.41, 5.74) is 3.38. The third-order valence-corrected chi connectivity index (χ3v) is 4.64. The number of aromatic nitrogens is 1. The van der Waals surface area contributed by atoms with Crippen molar-refractivity contribution in [3.63, 3.8) is 0 Å². The van der Waals surface area contributed by atoms with Gasteiger partial charge in [-0.15, -0.1) is 0 Å². The molecule has 0 aliphatic carbocycles. The lowest BCUT2D eigenvalue weighted by Crippen LogP contribution is -2.37. The lowest BCUT2D eigenvalue weighted by Gasteiger charge is -2.22. The largest absolute Gasteiger partial charge is 0.449 e. The average molecular weight is 362 g/mol. The molecule has 0 saturated carbocycles. The number of esters is 1. The Balaban J connectivity index is 1.83. The molecule has 0 aliphatic rings. The summed E-state index contributed by atoms with van der Waals surface area (Å²) >= 11 is 0. The number of likely N-dealkylation sites (N-methyl/N-ethyl adjacent to an activating group) is 1. The molecule has 0 spiro atoms. The number of benzene rings is 2. The van der Waals surface area contributed by atoms with Crippen LogP contribution >= 0.6 is 0 Å². The van der Waals surface area contributed by atoms with Crippen molar-refractivity contribution in [3.8, 4) is 0 Å². The molecule has 3 aromatic rings. The zero-order chi connectivity index (χ0) is 19.6. The molecule has 1 atom stereocenters. The third kappa shape index (κ3) is 3.67. The first-order valence-corrected chi connectivity index (χ1v) is 8.79. The van der Waals surface area contributed by atoms with Gasteiger partial charge in [-0.25, -0.2) is 4.79 Å². The molecule has 1 unspecified atom stereocenters. The average Bonchev–Trinajstić information content (AvgIpc) is 2.67. The van der Waals surface area contributed by atoms with Crippen LogP contribution in [0.2, 0.25) is 0 Å². The predicted molar refractivity (Wildman–Crippen MR) is 106 cm³/mol. The Hall–Kier alpha value is -3.21. The van der Waals surface area contributed by atoms with Crippen LogP contribution in [0.3, 0.4) is 0 Å². The molecule has 1 aromatic heterocycles. The molecule has 1 heterocycles. The van der Waals surface area contributed by atoms with Crippen LogP contribution in [0.1, 0.15) is 28.5 Å². The molecule has 27 heavy (non-hydrogen) atoms. The van der Waals surface area contributed by atoms with Gasteiger partial charge in [-0.2, -0.15) is 0 Å². The van der Waals surface area contributed by atoms with Crippen LogP contribution in [0.25, 0.3) is 10.9 Å². The lowest BCUT2D eigenvalue weighted by atomic mass is 10.0. The zero-order valence-corrected chi connectivity index (χ0v) is 15.9. The maximum absolute atomic E-state index is 12.8. The number of fused-ring (bicyclic) bond motifs is 1. The monoisotopic (exact) mass is 362 g/mol. The summed E-state index contributed by atoms with van der Waals surface area (Å²) in [4.78, 5) is 31.4. The third-order valence-electron chi connectivity index (χ3n) is 4.64. The number of amides is 1. The first-order chi connectivity index (χ1) is 12.9. The Morgan fingerprint density at radius 1 is 1.00 bits per heavy atom. The zero-order valence-electron chi connectivity index (χ0n) is 15.9. The van der Waals surface area contributed by atoms with Gasteiger partial charge < -0.3 is 9.64 Å². The number of pyridine rings is 1. The number of carbonyl (C=O) groups is 2. The van der Waals surface area contributed by atoms with Gasteiger partial charge >= 0.3 is 5.97 Å². The quantitative estimate of drug-likeness (QED) is 0.657. The second-order valence-electron chi connectivity index (χ2n) is 6.49. The van der Waals surface area contributed by atoms with Gasteiger partial charge in [0.25, 0.3) is 5.91 Å². The van der Waals surface area contributed by atoms with Crippen LogP contribution in [0.5, 0.6) is 0 Å². The smallest absolute Gasteiger partial charge is 0.341 e. The Kier molecular flexibility index (Phi) is 5.21. The van der Waals surface area contributed by atoms with Crippen molar-refractivity contribution in [2.45, 2.75) is 26.9 Å². The van der Waals surface area contributed by atoms with E-state index in [4.69, 9.17) is 4.74 Å². The molecule has 3 rings (SSSR count). The number of hydrogen-bond acceptors (Lipinski definition) is 4. The van der Waals surface area contributed by atoms with E-state index >= 15 is 0 Å². The summed E-state index contributed by atoms with van der Waals surface area (Å²) in [6, 6.07) is 16.9. The van der Waals surface area contributed by atoms with Gasteiger partial charge in [0.2, 0.25) is 0 Å². The van der Waals surface area contributed by atoms with Gasteiger partial charge in [-0.05, 0) is 44.5 Å². The minimum Gasteiger partial charge on any atom is -0.449 e. The molecule has 138 valence electrons. The number of rotatable bonds is 4. The Morgan fingerprint density at radius 3 is 2.33 bits per heavy atom. The second kappa shape index (κ2) is 7.58. The number of aryl methyl sites for hydroxylation is 2. The van der Waals surface area contributed by atoms with Gasteiger partial charge in [0.15, 0.2) is 6.10 Å². The highest BCUT2D eigenvalue weighted by atomic mass is 16.5. The van der Waals surface area contributed by atoms with Crippen LogP contribution in [-0.2, 0) is 9.53 Å². The molecule has 5 heteroatoms. The summed E-state index contributed by atoms with van der Waals surface area (Å²) in [6.45, 7) is 5.23. The van der Waals surface area contributed by atoms with E-state index in [1.165, 1.54) is 4.90 Å². The fraction of sp³-hybridized carbons (Fsp3) is 0.227. The minimum absolute atomic E-state index is 0.293. The lowest BCUT2D eigenvalue weighted by molar-refractivity contribution is -0.126. The van der Waals surface area contributed by atoms with Crippen LogP contribution in [0, 0.1) is 13.8 Å². The van der Waals surface area contributed by atoms with Crippen LogP contribution in [0.4, 0.5) is 5.69 Å². The van der Waals surface area contributed by atoms with Crippen molar-refractivity contribution >= 4 is 28.5 Å². The van der Waals surface area contributed by atoms with Gasteiger partial charge in [0, 0.05) is 18.1 Å². The minimum atomic E-state index is -0.909. The van der Waals surface area contributed by atoms with E-state index in [1.807, 2.05) is 61.5 Å². The topological polar surface area (TPSA) is 59.5 Å². The summed E-state index contributed by atoms with van der Waals surface area (Å²) < 4.78 is 5.48. The summed E-state index contributed by atoms with van der Waals surface area (Å²) in [5.74, 6) is -0.829. The van der Waals surface area contributed by atoms with E-state index in [2.05, 4.69) is 4.98 Å². The molecule has 0 N–H and O–H groups in total. The molecule has 0 fully saturated rings. The standard InChI is InChI=1S/C22H22N2O3/c1-14-18-12-8-9-13-19(18)23-15(2)20(14)22(26)27-16(3)21(25)24(4)17-10-6-5-7-11-17/h5-13,16H,1-4H3. The first-order valence-electron chi connectivity index (χ1n) is 8.79. The maximum Gasteiger partial charge on any atom is 0.341 e. The van der Waals surface area contributed by atoms with Crippen LogP contribution < -0.4 is 4.90 Å². The fourth-order valence-electron chi connectivity index (χ4n) is 3.15. The predicted octanol–water partition coefficient (Wildman–Crippen LogP) is 4.06. The van der Waals surface area contributed by atoms with Gasteiger partial charge in [-0.3, -0.25) is 9.78 Å². The highest BCUT2D eigenvalue weighted by Gasteiger charge is 2.25. The van der Waals surface area contributed by atoms with E-state index in [1.54, 1.807) is 20.9 Å². The maximum atomic E-state index is 12.8. The molecule has 5 nitrogen and oxygen atoms in total. The molecule has 1 amide bonds. The van der Waals surface area contributed by atoms with Crippen molar-refractivity contribution in [2.24, 2.45) is 0 Å². The molecule has 0 aliphatic heterocycles. The number of nitrogens with zero attached hydrogens (tertiary/aromatic N) is 2. The van der Waals surface area contributed by atoms with E-state index in [9.17, 15) is 9.59 Å². The van der Waals surface area contributed by atoms with Crippen LogP contribution in [-0.4, -0.2) is 30.0 Å². The summed E-state index contributed by atoms with van der Waals surface area (Å²) in [7, 11) is 1.66. The van der Waals surface area contributed by atoms with Crippen molar-refractivity contribution in [3.05, 3.63) is 71.4 Å². The molecule has 0 saturated heterocycles. The van der Waals surface area contributed by atoms with Gasteiger partial charge in [0.05, 0.1) is 16.8 Å². The molecule has 2 aromatic carbocycles. The summed E-state index contributed by atoms with van der Waals surface area (Å²) in [6.07, 6.45) is -0.909. The second-order valence-corrected chi connectivity index (χ2v) is 6.49. The molecule has 0 radical (unpaired) electrons. The van der Waals surface area contributed by atoms with E-state index in [-0.39, 0.29) is 5.91 Å². The normalized spacial score (nSPS) is 11.9. The number of hydrogen-bond donors (Lipinski definition) is 0. The van der Waals surface area contributed by atoms with E-state index in [0.717, 1.165) is 22.2 Å². The Labute approximate surface area is 158 Å². The summed E-state index contributed by atoms with van der Waals surface area (Å²) in [5, 5.41) is 0.899. The van der Waals surface area contributed by atoms with Gasteiger partial charge in [0.1, 0.15) is 0 Å². The molecule has 0 bridgehead atoms. The number of para-hydroxylation sites is 2.